The first-order valence-corrected chi connectivity index (χ1v) is 10.5. The summed E-state index contributed by atoms with van der Waals surface area (Å²) in [6.07, 6.45) is -1.15. The molecular weight excluding hydrogens is 407 g/mol. The van der Waals surface area contributed by atoms with E-state index >= 15 is 0 Å². The standard InChI is InChI=1S/C26H29FN2O3/c1-15(2)32-25(31)19-13-29(24(30)17-11-10-16(3)20(27)12-17)14-26(4,5)22-18-8-6-7-9-21(18)28-23(19)22/h6-13,15,22-23,28H,14H2,1-5H3/i1D3,15D. The fourth-order valence-corrected chi connectivity index (χ4v) is 4.69. The molecule has 6 heteroatoms. The normalized spacial score (nSPS) is 25.3. The van der Waals surface area contributed by atoms with Crippen molar-refractivity contribution in [2.24, 2.45) is 5.41 Å². The van der Waals surface area contributed by atoms with Crippen LogP contribution in [0.4, 0.5) is 10.1 Å². The number of nitrogens with zero attached hydrogens (tertiary/aromatic N) is 1. The molecule has 168 valence electrons. The van der Waals surface area contributed by atoms with Gasteiger partial charge in [0.1, 0.15) is 5.82 Å². The number of halogens is 1. The maximum Gasteiger partial charge on any atom is 0.337 e. The summed E-state index contributed by atoms with van der Waals surface area (Å²) in [7, 11) is 0. The van der Waals surface area contributed by atoms with Gasteiger partial charge >= 0.3 is 5.97 Å². The molecule has 0 aliphatic carbocycles. The minimum atomic E-state index is -2.88. The number of nitrogens with one attached hydrogen (secondary N) is 1. The van der Waals surface area contributed by atoms with Crippen LogP contribution >= 0.6 is 0 Å². The number of esters is 1. The molecule has 2 aliphatic rings. The lowest BCUT2D eigenvalue weighted by atomic mass is 9.71. The number of para-hydroxylation sites is 1. The van der Waals surface area contributed by atoms with Gasteiger partial charge in [-0.05, 0) is 55.4 Å². The minimum absolute atomic E-state index is 0.0189. The molecule has 0 spiro atoms. The Bertz CT molecular complexity index is 1260. The molecule has 0 saturated carbocycles. The molecule has 2 heterocycles. The van der Waals surface area contributed by atoms with Crippen molar-refractivity contribution in [1.82, 2.24) is 4.90 Å². The van der Waals surface area contributed by atoms with Crippen molar-refractivity contribution in [1.29, 1.82) is 0 Å². The Balaban J connectivity index is 1.81. The Morgan fingerprint density at radius 1 is 1.31 bits per heavy atom. The number of fused-ring (bicyclic) bond motifs is 3. The molecule has 0 bridgehead atoms. The molecule has 32 heavy (non-hydrogen) atoms. The van der Waals surface area contributed by atoms with Gasteiger partial charge in [0.15, 0.2) is 0 Å². The molecule has 2 aromatic carbocycles. The van der Waals surface area contributed by atoms with Gasteiger partial charge in [0.2, 0.25) is 0 Å². The lowest BCUT2D eigenvalue weighted by molar-refractivity contribution is -0.143. The fourth-order valence-electron chi connectivity index (χ4n) is 4.69. The number of carbonyl (C=O) groups excluding carboxylic acids is 2. The molecule has 0 saturated heterocycles. The Kier molecular flexibility index (Phi) is 4.40. The average molecular weight is 441 g/mol. The smallest absolute Gasteiger partial charge is 0.337 e. The van der Waals surface area contributed by atoms with Crippen LogP contribution < -0.4 is 5.32 Å². The van der Waals surface area contributed by atoms with Crippen LogP contribution in [0.5, 0.6) is 0 Å². The van der Waals surface area contributed by atoms with Crippen LogP contribution in [0.1, 0.15) is 60.5 Å². The highest BCUT2D eigenvalue weighted by Crippen LogP contribution is 2.50. The largest absolute Gasteiger partial charge is 0.460 e. The van der Waals surface area contributed by atoms with E-state index in [1.54, 1.807) is 6.92 Å². The number of aryl methyl sites for hydroxylation is 1. The van der Waals surface area contributed by atoms with Gasteiger partial charge in [-0.25, -0.2) is 9.18 Å². The van der Waals surface area contributed by atoms with Crippen LogP contribution in [0, 0.1) is 18.2 Å². The molecule has 4 rings (SSSR count). The van der Waals surface area contributed by atoms with E-state index in [0.29, 0.717) is 5.56 Å². The summed E-state index contributed by atoms with van der Waals surface area (Å²) in [6, 6.07) is 11.1. The second-order valence-corrected chi connectivity index (χ2v) is 9.10. The van der Waals surface area contributed by atoms with Crippen LogP contribution in [0.15, 0.2) is 54.2 Å². The van der Waals surface area contributed by atoms with Crippen molar-refractivity contribution >= 4 is 17.6 Å². The van der Waals surface area contributed by atoms with Gasteiger partial charge in [0.05, 0.1) is 19.1 Å². The number of amides is 1. The molecular formula is C26H29FN2O3. The third-order valence-corrected chi connectivity index (χ3v) is 6.15. The first-order chi connectivity index (χ1) is 16.6. The lowest BCUT2D eigenvalue weighted by Gasteiger charge is -2.36. The summed E-state index contributed by atoms with van der Waals surface area (Å²) in [6.45, 7) is 3.87. The molecule has 1 N–H and O–H groups in total. The van der Waals surface area contributed by atoms with Crippen molar-refractivity contribution in [3.05, 3.63) is 76.7 Å². The second kappa shape index (κ2) is 8.08. The highest BCUT2D eigenvalue weighted by molar-refractivity contribution is 5.97. The van der Waals surface area contributed by atoms with Crippen LogP contribution in [0.3, 0.4) is 0 Å². The zero-order valence-electron chi connectivity index (χ0n) is 22.5. The first-order valence-electron chi connectivity index (χ1n) is 12.5. The van der Waals surface area contributed by atoms with E-state index in [2.05, 4.69) is 5.32 Å². The van der Waals surface area contributed by atoms with Gasteiger partial charge in [0, 0.05) is 34.0 Å². The minimum Gasteiger partial charge on any atom is -0.460 e. The van der Waals surface area contributed by atoms with Gasteiger partial charge in [-0.2, -0.15) is 0 Å². The van der Waals surface area contributed by atoms with E-state index in [1.807, 2.05) is 38.1 Å². The molecule has 5 nitrogen and oxygen atoms in total. The van der Waals surface area contributed by atoms with E-state index in [1.165, 1.54) is 23.2 Å². The van der Waals surface area contributed by atoms with Crippen molar-refractivity contribution in [2.45, 2.75) is 52.6 Å². The van der Waals surface area contributed by atoms with Gasteiger partial charge in [-0.3, -0.25) is 4.79 Å². The fraction of sp³-hybridized carbons (Fsp3) is 0.385. The number of benzene rings is 2. The van der Waals surface area contributed by atoms with Crippen molar-refractivity contribution in [3.8, 4) is 0 Å². The summed E-state index contributed by atoms with van der Waals surface area (Å²) in [5, 5.41) is 3.33. The predicted molar refractivity (Wildman–Crippen MR) is 122 cm³/mol. The topological polar surface area (TPSA) is 58.6 Å². The summed E-state index contributed by atoms with van der Waals surface area (Å²) < 4.78 is 50.3. The van der Waals surface area contributed by atoms with E-state index in [0.717, 1.165) is 24.2 Å². The van der Waals surface area contributed by atoms with Gasteiger partial charge < -0.3 is 15.0 Å². The van der Waals surface area contributed by atoms with Gasteiger partial charge in [-0.15, -0.1) is 0 Å². The van der Waals surface area contributed by atoms with Crippen LogP contribution in [0.25, 0.3) is 0 Å². The van der Waals surface area contributed by atoms with Crippen LogP contribution in [-0.2, 0) is 9.53 Å². The Morgan fingerprint density at radius 2 is 2.06 bits per heavy atom. The molecule has 1 amide bonds. The SMILES string of the molecule is [2H]C([2H])([2H])C([2H])(C)OC(=O)C1=CN(C(=O)c2ccc(C)c(F)c2)CC(C)(C)C2c3ccccc3NC12. The van der Waals surface area contributed by atoms with E-state index in [9.17, 15) is 14.0 Å². The average Bonchev–Trinajstić information content (AvgIpc) is 3.11. The molecule has 3 atom stereocenters. The zero-order chi connectivity index (χ0) is 26.6. The number of carbonyl (C=O) groups is 2. The van der Waals surface area contributed by atoms with Crippen LogP contribution in [0.2, 0.25) is 0 Å². The summed E-state index contributed by atoms with van der Waals surface area (Å²) >= 11 is 0. The van der Waals surface area contributed by atoms with E-state index < -0.39 is 42.1 Å². The van der Waals surface area contributed by atoms with Crippen molar-refractivity contribution < 1.29 is 24.2 Å². The monoisotopic (exact) mass is 440 g/mol. The first kappa shape index (κ1) is 17.4. The maximum atomic E-state index is 14.3. The number of anilines is 1. The van der Waals surface area contributed by atoms with Gasteiger partial charge in [-0.1, -0.05) is 38.1 Å². The summed E-state index contributed by atoms with van der Waals surface area (Å²) in [5.74, 6) is -2.31. The van der Waals surface area contributed by atoms with Crippen molar-refractivity contribution in [2.75, 3.05) is 11.9 Å². The summed E-state index contributed by atoms with van der Waals surface area (Å²) in [4.78, 5) is 28.3. The molecule has 0 radical (unpaired) electrons. The number of ether oxygens (including phenoxy) is 1. The number of hydrogen-bond acceptors (Lipinski definition) is 4. The quantitative estimate of drug-likeness (QED) is 0.680. The number of rotatable bonds is 3. The maximum absolute atomic E-state index is 14.3. The van der Waals surface area contributed by atoms with E-state index in [-0.39, 0.29) is 23.6 Å². The molecule has 3 unspecified atom stereocenters. The third-order valence-electron chi connectivity index (χ3n) is 6.15. The molecule has 0 fully saturated rings. The lowest BCUT2D eigenvalue weighted by Crippen LogP contribution is -2.39. The molecule has 2 aliphatic heterocycles. The second-order valence-electron chi connectivity index (χ2n) is 9.10. The Morgan fingerprint density at radius 3 is 2.78 bits per heavy atom. The Labute approximate surface area is 193 Å². The molecule has 2 aromatic rings. The summed E-state index contributed by atoms with van der Waals surface area (Å²) in [5.41, 5.74) is 1.75. The number of hydrogen-bond donors (Lipinski definition) is 1. The highest BCUT2D eigenvalue weighted by Gasteiger charge is 2.48. The van der Waals surface area contributed by atoms with Crippen molar-refractivity contribution in [3.63, 3.8) is 0 Å². The Hall–Kier alpha value is -3.15. The van der Waals surface area contributed by atoms with Crippen LogP contribution in [-0.4, -0.2) is 35.4 Å². The van der Waals surface area contributed by atoms with E-state index in [4.69, 9.17) is 10.2 Å². The highest BCUT2D eigenvalue weighted by atomic mass is 19.1. The zero-order valence-corrected chi connectivity index (χ0v) is 18.5. The molecule has 0 aromatic heterocycles. The van der Waals surface area contributed by atoms with Gasteiger partial charge in [0.25, 0.3) is 5.91 Å². The third kappa shape index (κ3) is 3.90. The predicted octanol–water partition coefficient (Wildman–Crippen LogP) is 5.03.